The van der Waals surface area contributed by atoms with E-state index in [9.17, 15) is 5.11 Å². The van der Waals surface area contributed by atoms with E-state index in [4.69, 9.17) is 0 Å². The van der Waals surface area contributed by atoms with E-state index < -0.39 is 0 Å². The van der Waals surface area contributed by atoms with Crippen LogP contribution in [0, 0.1) is 5.41 Å². The monoisotopic (exact) mass is 231 g/mol. The average Bonchev–Trinajstić information content (AvgIpc) is 2.91. The molecule has 1 fully saturated rings. The second-order valence-electron chi connectivity index (χ2n) is 5.86. The van der Waals surface area contributed by atoms with E-state index in [1.165, 1.54) is 12.8 Å². The standard InChI is InChI=1S/C12H25NOS/c1-10(7-15-11(2,3)4)13-8-12(9-14)5-6-12/h10,13-14H,5-9H2,1-4H3. The van der Waals surface area contributed by atoms with Crippen molar-refractivity contribution < 1.29 is 5.11 Å². The lowest BCUT2D eigenvalue weighted by Gasteiger charge is -2.23. The minimum Gasteiger partial charge on any atom is -0.396 e. The van der Waals surface area contributed by atoms with Gasteiger partial charge in [-0.3, -0.25) is 0 Å². The van der Waals surface area contributed by atoms with Gasteiger partial charge in [-0.25, -0.2) is 0 Å². The van der Waals surface area contributed by atoms with Crippen molar-refractivity contribution in [3.8, 4) is 0 Å². The van der Waals surface area contributed by atoms with E-state index in [0.717, 1.165) is 12.3 Å². The molecule has 0 aromatic heterocycles. The number of thioether (sulfide) groups is 1. The molecule has 0 spiro atoms. The van der Waals surface area contributed by atoms with Crippen LogP contribution < -0.4 is 5.32 Å². The van der Waals surface area contributed by atoms with Gasteiger partial charge in [0.1, 0.15) is 0 Å². The Morgan fingerprint density at radius 3 is 2.40 bits per heavy atom. The van der Waals surface area contributed by atoms with Crippen LogP contribution in [-0.4, -0.2) is 34.8 Å². The summed E-state index contributed by atoms with van der Waals surface area (Å²) in [5.41, 5.74) is 0.237. The molecule has 0 bridgehead atoms. The Morgan fingerprint density at radius 1 is 1.40 bits per heavy atom. The van der Waals surface area contributed by atoms with Gasteiger partial charge < -0.3 is 10.4 Å². The molecule has 1 aliphatic rings. The minimum atomic E-state index is 0.237. The van der Waals surface area contributed by atoms with Crippen molar-refractivity contribution >= 4 is 11.8 Å². The highest BCUT2D eigenvalue weighted by Crippen LogP contribution is 2.44. The van der Waals surface area contributed by atoms with E-state index >= 15 is 0 Å². The first kappa shape index (κ1) is 13.3. The van der Waals surface area contributed by atoms with Gasteiger partial charge in [0.25, 0.3) is 0 Å². The first-order chi connectivity index (χ1) is 6.87. The molecule has 1 atom stereocenters. The van der Waals surface area contributed by atoms with Gasteiger partial charge in [0.05, 0.1) is 0 Å². The smallest absolute Gasteiger partial charge is 0.0499 e. The Hall–Kier alpha value is 0.270. The highest BCUT2D eigenvalue weighted by Gasteiger charge is 2.41. The van der Waals surface area contributed by atoms with Crippen LogP contribution in [0.2, 0.25) is 0 Å². The predicted molar refractivity (Wildman–Crippen MR) is 68.4 cm³/mol. The topological polar surface area (TPSA) is 32.3 Å². The van der Waals surface area contributed by atoms with Gasteiger partial charge >= 0.3 is 0 Å². The molecule has 1 rings (SSSR count). The molecule has 0 saturated heterocycles. The molecule has 0 aliphatic heterocycles. The highest BCUT2D eigenvalue weighted by atomic mass is 32.2. The summed E-state index contributed by atoms with van der Waals surface area (Å²) in [5, 5.41) is 12.7. The Morgan fingerprint density at radius 2 is 2.00 bits per heavy atom. The molecule has 0 aromatic rings. The number of rotatable bonds is 6. The Balaban J connectivity index is 2.11. The molecular weight excluding hydrogens is 206 g/mol. The van der Waals surface area contributed by atoms with Crippen molar-refractivity contribution in [2.24, 2.45) is 5.41 Å². The maximum Gasteiger partial charge on any atom is 0.0499 e. The van der Waals surface area contributed by atoms with Crippen LogP contribution >= 0.6 is 11.8 Å². The minimum absolute atomic E-state index is 0.237. The molecule has 0 amide bonds. The van der Waals surface area contributed by atoms with E-state index in [0.29, 0.717) is 17.4 Å². The number of aliphatic hydroxyl groups is 1. The first-order valence-corrected chi connectivity index (χ1v) is 6.84. The number of hydrogen-bond acceptors (Lipinski definition) is 3. The zero-order valence-electron chi connectivity index (χ0n) is 10.5. The number of nitrogens with one attached hydrogen (secondary N) is 1. The van der Waals surface area contributed by atoms with Crippen LogP contribution in [0.5, 0.6) is 0 Å². The summed E-state index contributed by atoms with van der Waals surface area (Å²) in [6.07, 6.45) is 2.38. The van der Waals surface area contributed by atoms with Gasteiger partial charge in [0, 0.05) is 35.1 Å². The first-order valence-electron chi connectivity index (χ1n) is 5.85. The van der Waals surface area contributed by atoms with Gasteiger partial charge in [-0.15, -0.1) is 0 Å². The summed E-state index contributed by atoms with van der Waals surface area (Å²) >= 11 is 2.00. The predicted octanol–water partition coefficient (Wildman–Crippen LogP) is 2.27. The molecule has 2 N–H and O–H groups in total. The summed E-state index contributed by atoms with van der Waals surface area (Å²) in [4.78, 5) is 0. The summed E-state index contributed by atoms with van der Waals surface area (Å²) in [5.74, 6) is 1.14. The van der Waals surface area contributed by atoms with Gasteiger partial charge in [-0.05, 0) is 19.8 Å². The molecule has 90 valence electrons. The maximum atomic E-state index is 9.18. The number of aliphatic hydroxyl groups excluding tert-OH is 1. The van der Waals surface area contributed by atoms with Crippen LogP contribution in [-0.2, 0) is 0 Å². The second kappa shape index (κ2) is 5.07. The van der Waals surface area contributed by atoms with Gasteiger partial charge in [0.15, 0.2) is 0 Å². The molecule has 0 heterocycles. The highest BCUT2D eigenvalue weighted by molar-refractivity contribution is 8.00. The lowest BCUT2D eigenvalue weighted by atomic mass is 10.1. The van der Waals surface area contributed by atoms with Crippen LogP contribution in [0.4, 0.5) is 0 Å². The summed E-state index contributed by atoms with van der Waals surface area (Å²) in [6.45, 7) is 10.3. The summed E-state index contributed by atoms with van der Waals surface area (Å²) in [6, 6.07) is 0.540. The second-order valence-corrected chi connectivity index (χ2v) is 7.71. The van der Waals surface area contributed by atoms with Crippen molar-refractivity contribution in [3.63, 3.8) is 0 Å². The fraction of sp³-hybridized carbons (Fsp3) is 1.00. The van der Waals surface area contributed by atoms with Gasteiger partial charge in [-0.1, -0.05) is 20.8 Å². The Labute approximate surface area is 98.2 Å². The zero-order valence-corrected chi connectivity index (χ0v) is 11.3. The molecule has 2 nitrogen and oxygen atoms in total. The molecule has 0 radical (unpaired) electrons. The molecule has 1 aliphatic carbocycles. The molecule has 1 unspecified atom stereocenters. The molecule has 3 heteroatoms. The van der Waals surface area contributed by atoms with Crippen molar-refractivity contribution in [2.45, 2.75) is 51.3 Å². The van der Waals surface area contributed by atoms with E-state index in [1.807, 2.05) is 11.8 Å². The number of hydrogen-bond donors (Lipinski definition) is 2. The lowest BCUT2D eigenvalue weighted by molar-refractivity contribution is 0.205. The largest absolute Gasteiger partial charge is 0.396 e. The Bertz CT molecular complexity index is 196. The van der Waals surface area contributed by atoms with Crippen molar-refractivity contribution in [1.29, 1.82) is 0 Å². The Kier molecular flexibility index (Phi) is 4.50. The normalized spacial score (nSPS) is 21.4. The van der Waals surface area contributed by atoms with Crippen molar-refractivity contribution in [3.05, 3.63) is 0 Å². The molecule has 0 aromatic carbocycles. The maximum absolute atomic E-state index is 9.18. The van der Waals surface area contributed by atoms with Crippen molar-refractivity contribution in [2.75, 3.05) is 18.9 Å². The third kappa shape index (κ3) is 5.23. The SMILES string of the molecule is CC(CSC(C)(C)C)NCC1(CO)CC1. The zero-order chi connectivity index (χ0) is 11.5. The van der Waals surface area contributed by atoms with Crippen LogP contribution in [0.15, 0.2) is 0 Å². The summed E-state index contributed by atoms with van der Waals surface area (Å²) < 4.78 is 0.351. The van der Waals surface area contributed by atoms with Crippen LogP contribution in [0.1, 0.15) is 40.5 Å². The van der Waals surface area contributed by atoms with Crippen LogP contribution in [0.25, 0.3) is 0 Å². The van der Waals surface area contributed by atoms with Crippen LogP contribution in [0.3, 0.4) is 0 Å². The molecule has 1 saturated carbocycles. The van der Waals surface area contributed by atoms with E-state index in [1.54, 1.807) is 0 Å². The van der Waals surface area contributed by atoms with Gasteiger partial charge in [0.2, 0.25) is 0 Å². The fourth-order valence-electron chi connectivity index (χ4n) is 1.39. The third-order valence-electron chi connectivity index (χ3n) is 2.88. The van der Waals surface area contributed by atoms with E-state index in [2.05, 4.69) is 33.0 Å². The fourth-order valence-corrected chi connectivity index (χ4v) is 2.26. The summed E-state index contributed by atoms with van der Waals surface area (Å²) in [7, 11) is 0. The van der Waals surface area contributed by atoms with Crippen molar-refractivity contribution in [1.82, 2.24) is 5.32 Å². The average molecular weight is 231 g/mol. The third-order valence-corrected chi connectivity index (χ3v) is 4.42. The van der Waals surface area contributed by atoms with Gasteiger partial charge in [-0.2, -0.15) is 11.8 Å². The quantitative estimate of drug-likeness (QED) is 0.735. The van der Waals surface area contributed by atoms with E-state index in [-0.39, 0.29) is 5.41 Å². The molecular formula is C12H25NOS. The lowest BCUT2D eigenvalue weighted by Crippen LogP contribution is -2.35. The molecule has 15 heavy (non-hydrogen) atoms.